The maximum absolute atomic E-state index is 12.7. The van der Waals surface area contributed by atoms with Crippen molar-refractivity contribution in [2.24, 2.45) is 0 Å². The van der Waals surface area contributed by atoms with Gasteiger partial charge in [0.25, 0.3) is 0 Å². The second-order valence-corrected chi connectivity index (χ2v) is 11.9. The standard InChI is InChI=1S/C25H30N2O4S2/c1-16-7-12-20(15-21(16)24(28)31-6)33(29,30)26-14-13-22-17(2)32-23(27-22)18-8-10-19(11-9-18)25(3,4)5/h7-12,15,26H,13-14H2,1-6H3. The minimum absolute atomic E-state index is 0.0307. The SMILES string of the molecule is COC(=O)c1cc(S(=O)(=O)NCCc2nc(-c3ccc(C(C)(C)C)cc3)sc2C)ccc1C. The van der Waals surface area contributed by atoms with Crippen molar-refractivity contribution in [2.75, 3.05) is 13.7 Å². The molecule has 0 amide bonds. The number of ether oxygens (including phenoxy) is 1. The first-order chi connectivity index (χ1) is 15.4. The molecule has 6 nitrogen and oxygen atoms in total. The fourth-order valence-electron chi connectivity index (χ4n) is 3.38. The third-order valence-corrected chi connectivity index (χ3v) is 7.99. The van der Waals surface area contributed by atoms with Crippen LogP contribution < -0.4 is 4.72 Å². The molecule has 1 aromatic heterocycles. The van der Waals surface area contributed by atoms with Crippen LogP contribution in [-0.4, -0.2) is 33.0 Å². The highest BCUT2D eigenvalue weighted by Gasteiger charge is 2.19. The molecule has 1 N–H and O–H groups in total. The van der Waals surface area contributed by atoms with Crippen molar-refractivity contribution in [1.29, 1.82) is 0 Å². The Hall–Kier alpha value is -2.55. The summed E-state index contributed by atoms with van der Waals surface area (Å²) in [5.41, 5.74) is 4.17. The molecule has 0 atom stereocenters. The van der Waals surface area contributed by atoms with Gasteiger partial charge < -0.3 is 4.74 Å². The number of hydrogen-bond donors (Lipinski definition) is 1. The molecule has 8 heteroatoms. The van der Waals surface area contributed by atoms with Gasteiger partial charge in [0.1, 0.15) is 5.01 Å². The number of nitrogens with one attached hydrogen (secondary N) is 1. The summed E-state index contributed by atoms with van der Waals surface area (Å²) in [7, 11) is -2.50. The van der Waals surface area contributed by atoms with E-state index >= 15 is 0 Å². The summed E-state index contributed by atoms with van der Waals surface area (Å²) in [6.45, 7) is 10.5. The maximum Gasteiger partial charge on any atom is 0.338 e. The molecule has 3 aromatic rings. The number of hydrogen-bond acceptors (Lipinski definition) is 6. The molecule has 0 spiro atoms. The van der Waals surface area contributed by atoms with E-state index in [0.717, 1.165) is 21.1 Å². The second kappa shape index (κ2) is 9.75. The van der Waals surface area contributed by atoms with Crippen LogP contribution in [0.15, 0.2) is 47.4 Å². The number of aromatic nitrogens is 1. The van der Waals surface area contributed by atoms with Gasteiger partial charge in [0.2, 0.25) is 10.0 Å². The van der Waals surface area contributed by atoms with Crippen molar-refractivity contribution >= 4 is 27.3 Å². The third-order valence-electron chi connectivity index (χ3n) is 5.47. The van der Waals surface area contributed by atoms with Crippen molar-refractivity contribution in [3.63, 3.8) is 0 Å². The highest BCUT2D eigenvalue weighted by molar-refractivity contribution is 7.89. The molecule has 0 aliphatic heterocycles. The van der Waals surface area contributed by atoms with Gasteiger partial charge in [0.15, 0.2) is 0 Å². The zero-order chi connectivity index (χ0) is 24.4. The highest BCUT2D eigenvalue weighted by Crippen LogP contribution is 2.30. The van der Waals surface area contributed by atoms with E-state index in [4.69, 9.17) is 9.72 Å². The number of rotatable bonds is 7. The first kappa shape index (κ1) is 25.1. The van der Waals surface area contributed by atoms with Crippen LogP contribution in [0.25, 0.3) is 10.6 Å². The Bertz CT molecular complexity index is 1250. The van der Waals surface area contributed by atoms with Gasteiger partial charge in [-0.3, -0.25) is 0 Å². The van der Waals surface area contributed by atoms with Crippen molar-refractivity contribution in [3.05, 3.63) is 69.7 Å². The molecular weight excluding hydrogens is 456 g/mol. The van der Waals surface area contributed by atoms with Crippen LogP contribution in [0.3, 0.4) is 0 Å². The molecule has 0 unspecified atom stereocenters. The van der Waals surface area contributed by atoms with Crippen LogP contribution in [0.5, 0.6) is 0 Å². The Kier molecular flexibility index (Phi) is 7.41. The highest BCUT2D eigenvalue weighted by atomic mass is 32.2. The van der Waals surface area contributed by atoms with E-state index in [0.29, 0.717) is 12.0 Å². The number of methoxy groups -OCH3 is 1. The largest absolute Gasteiger partial charge is 0.465 e. The summed E-state index contributed by atoms with van der Waals surface area (Å²) >= 11 is 1.60. The van der Waals surface area contributed by atoms with Gasteiger partial charge in [-0.1, -0.05) is 51.1 Å². The lowest BCUT2D eigenvalue weighted by Crippen LogP contribution is -2.26. The Morgan fingerprint density at radius 2 is 1.76 bits per heavy atom. The Balaban J connectivity index is 1.70. The first-order valence-electron chi connectivity index (χ1n) is 10.7. The fourth-order valence-corrected chi connectivity index (χ4v) is 5.40. The van der Waals surface area contributed by atoms with E-state index in [1.54, 1.807) is 24.3 Å². The van der Waals surface area contributed by atoms with Crippen LogP contribution in [-0.2, 0) is 26.6 Å². The van der Waals surface area contributed by atoms with Crippen LogP contribution in [0, 0.1) is 13.8 Å². The lowest BCUT2D eigenvalue weighted by Gasteiger charge is -2.18. The van der Waals surface area contributed by atoms with E-state index in [-0.39, 0.29) is 22.4 Å². The lowest BCUT2D eigenvalue weighted by molar-refractivity contribution is 0.0599. The van der Waals surface area contributed by atoms with Crippen molar-refractivity contribution < 1.29 is 17.9 Å². The minimum atomic E-state index is -3.77. The topological polar surface area (TPSA) is 85.4 Å². The van der Waals surface area contributed by atoms with E-state index < -0.39 is 16.0 Å². The van der Waals surface area contributed by atoms with E-state index in [1.807, 2.05) is 6.92 Å². The summed E-state index contributed by atoms with van der Waals surface area (Å²) in [5, 5.41) is 0.923. The zero-order valence-corrected chi connectivity index (χ0v) is 21.5. The molecule has 176 valence electrons. The molecule has 1 heterocycles. The molecule has 0 saturated heterocycles. The molecule has 0 fully saturated rings. The fraction of sp³-hybridized carbons (Fsp3) is 0.360. The van der Waals surface area contributed by atoms with Gasteiger partial charge >= 0.3 is 5.97 Å². The van der Waals surface area contributed by atoms with Gasteiger partial charge in [-0.15, -0.1) is 11.3 Å². The number of nitrogens with zero attached hydrogens (tertiary/aromatic N) is 1. The Labute approximate surface area is 200 Å². The Morgan fingerprint density at radius 3 is 2.36 bits per heavy atom. The smallest absolute Gasteiger partial charge is 0.338 e. The number of thiazole rings is 1. The number of carbonyl (C=O) groups excluding carboxylic acids is 1. The number of esters is 1. The third kappa shape index (κ3) is 5.88. The average molecular weight is 487 g/mol. The molecule has 0 radical (unpaired) electrons. The molecule has 2 aromatic carbocycles. The van der Waals surface area contributed by atoms with Crippen molar-refractivity contribution in [1.82, 2.24) is 9.71 Å². The monoisotopic (exact) mass is 486 g/mol. The van der Waals surface area contributed by atoms with E-state index in [1.165, 1.54) is 24.8 Å². The summed E-state index contributed by atoms with van der Waals surface area (Å²) < 4.78 is 32.8. The van der Waals surface area contributed by atoms with Gasteiger partial charge in [-0.05, 0) is 42.5 Å². The number of benzene rings is 2. The normalized spacial score (nSPS) is 12.1. The first-order valence-corrected chi connectivity index (χ1v) is 13.0. The molecule has 0 aliphatic rings. The van der Waals surface area contributed by atoms with Gasteiger partial charge in [-0.25, -0.2) is 22.9 Å². The number of aryl methyl sites for hydroxylation is 2. The molecule has 3 rings (SSSR count). The maximum atomic E-state index is 12.7. The summed E-state index contributed by atoms with van der Waals surface area (Å²) in [5.74, 6) is -0.564. The van der Waals surface area contributed by atoms with Crippen LogP contribution in [0.1, 0.15) is 52.8 Å². The van der Waals surface area contributed by atoms with Gasteiger partial charge in [-0.2, -0.15) is 0 Å². The van der Waals surface area contributed by atoms with Crippen LogP contribution >= 0.6 is 11.3 Å². The summed E-state index contributed by atoms with van der Waals surface area (Å²) in [4.78, 5) is 17.7. The minimum Gasteiger partial charge on any atom is -0.465 e. The van der Waals surface area contributed by atoms with Crippen molar-refractivity contribution in [2.45, 2.75) is 51.3 Å². The van der Waals surface area contributed by atoms with Crippen molar-refractivity contribution in [3.8, 4) is 10.6 Å². The average Bonchev–Trinajstić information content (AvgIpc) is 3.13. The number of carbonyl (C=O) groups is 1. The second-order valence-electron chi connectivity index (χ2n) is 8.97. The van der Waals surface area contributed by atoms with Crippen LogP contribution in [0.4, 0.5) is 0 Å². The molecule has 0 saturated carbocycles. The molecule has 0 bridgehead atoms. The zero-order valence-electron chi connectivity index (χ0n) is 19.9. The lowest BCUT2D eigenvalue weighted by atomic mass is 9.87. The molecular formula is C25H30N2O4S2. The van der Waals surface area contributed by atoms with Crippen LogP contribution in [0.2, 0.25) is 0 Å². The molecule has 33 heavy (non-hydrogen) atoms. The predicted molar refractivity (Wildman–Crippen MR) is 132 cm³/mol. The van der Waals surface area contributed by atoms with Gasteiger partial charge in [0.05, 0.1) is 23.3 Å². The predicted octanol–water partition coefficient (Wildman–Crippen LogP) is 5.03. The quantitative estimate of drug-likeness (QED) is 0.473. The summed E-state index contributed by atoms with van der Waals surface area (Å²) in [6, 6.07) is 12.9. The number of sulfonamides is 1. The van der Waals surface area contributed by atoms with Gasteiger partial charge in [0, 0.05) is 23.4 Å². The Morgan fingerprint density at radius 1 is 1.09 bits per heavy atom. The van der Waals surface area contributed by atoms with E-state index in [2.05, 4.69) is 49.8 Å². The summed E-state index contributed by atoms with van der Waals surface area (Å²) in [6.07, 6.45) is 0.470. The van der Waals surface area contributed by atoms with E-state index in [9.17, 15) is 13.2 Å². The molecule has 0 aliphatic carbocycles.